The first-order valence-corrected chi connectivity index (χ1v) is 11.4. The Labute approximate surface area is 179 Å². The highest BCUT2D eigenvalue weighted by atomic mass is 35.5. The lowest BCUT2D eigenvalue weighted by Gasteiger charge is -2.33. The van der Waals surface area contributed by atoms with Gasteiger partial charge in [0.15, 0.2) is 12.4 Å². The monoisotopic (exact) mass is 455 g/mol. The van der Waals surface area contributed by atoms with Crippen LogP contribution >= 0.6 is 11.6 Å². The van der Waals surface area contributed by atoms with Crippen LogP contribution in [0.5, 0.6) is 5.75 Å². The Kier molecular flexibility index (Phi) is 5.71. The van der Waals surface area contributed by atoms with E-state index >= 15 is 0 Å². The van der Waals surface area contributed by atoms with Crippen LogP contribution in [0.1, 0.15) is 18.6 Å². The number of aryl methyl sites for hydroxylation is 1. The van der Waals surface area contributed by atoms with Gasteiger partial charge < -0.3 is 14.2 Å². The number of rotatable bonds is 5. The van der Waals surface area contributed by atoms with Gasteiger partial charge in [0.05, 0.1) is 17.3 Å². The zero-order valence-electron chi connectivity index (χ0n) is 16.7. The van der Waals surface area contributed by atoms with Gasteiger partial charge in [0.2, 0.25) is 15.9 Å². The molecule has 12 heteroatoms. The molecule has 1 aromatic heterocycles. The average molecular weight is 456 g/mol. The number of carbonyl (C=O) groups is 1. The fourth-order valence-corrected chi connectivity index (χ4v) is 5.31. The SMILES string of the molecule is CCc1nc(CN2C(=O)COc3cc(S(=O)(=O)N4CCN(C)CC4)c(Cl)cc32)no1. The van der Waals surface area contributed by atoms with E-state index in [2.05, 4.69) is 15.0 Å². The minimum atomic E-state index is -3.79. The first-order valence-electron chi connectivity index (χ1n) is 9.56. The van der Waals surface area contributed by atoms with E-state index in [0.29, 0.717) is 50.0 Å². The number of anilines is 1. The molecule has 2 aromatic rings. The van der Waals surface area contributed by atoms with E-state index in [0.717, 1.165) is 0 Å². The number of nitrogens with zero attached hydrogens (tertiary/aromatic N) is 5. The van der Waals surface area contributed by atoms with Gasteiger partial charge in [-0.25, -0.2) is 8.42 Å². The maximum atomic E-state index is 13.1. The lowest BCUT2D eigenvalue weighted by Crippen LogP contribution is -2.47. The molecule has 30 heavy (non-hydrogen) atoms. The number of likely N-dealkylation sites (N-methyl/N-ethyl adjacent to an activating group) is 1. The normalized spacial score (nSPS) is 18.4. The molecule has 1 saturated heterocycles. The Balaban J connectivity index is 1.66. The summed E-state index contributed by atoms with van der Waals surface area (Å²) in [5.41, 5.74) is 0.372. The van der Waals surface area contributed by atoms with Crippen molar-refractivity contribution in [2.45, 2.75) is 24.8 Å². The summed E-state index contributed by atoms with van der Waals surface area (Å²) >= 11 is 6.38. The van der Waals surface area contributed by atoms with Crippen LogP contribution in [0.15, 0.2) is 21.6 Å². The van der Waals surface area contributed by atoms with Crippen molar-refractivity contribution in [3.63, 3.8) is 0 Å². The van der Waals surface area contributed by atoms with E-state index in [1.54, 1.807) is 0 Å². The zero-order valence-corrected chi connectivity index (χ0v) is 18.2. The molecule has 2 aliphatic heterocycles. The molecule has 2 aliphatic rings. The summed E-state index contributed by atoms with van der Waals surface area (Å²) < 4.78 is 38.3. The van der Waals surface area contributed by atoms with Gasteiger partial charge in [0, 0.05) is 38.7 Å². The van der Waals surface area contributed by atoms with Crippen molar-refractivity contribution in [2.75, 3.05) is 44.7 Å². The van der Waals surface area contributed by atoms with E-state index in [4.69, 9.17) is 20.9 Å². The molecule has 162 valence electrons. The predicted octanol–water partition coefficient (Wildman–Crippen LogP) is 1.15. The van der Waals surface area contributed by atoms with Crippen molar-refractivity contribution in [3.8, 4) is 5.75 Å². The Morgan fingerprint density at radius 2 is 1.93 bits per heavy atom. The molecule has 1 aromatic carbocycles. The first kappa shape index (κ1) is 21.0. The molecule has 0 atom stereocenters. The molecule has 0 radical (unpaired) electrons. The number of sulfonamides is 1. The second-order valence-electron chi connectivity index (χ2n) is 7.18. The van der Waals surface area contributed by atoms with Gasteiger partial charge in [0.1, 0.15) is 10.6 Å². The van der Waals surface area contributed by atoms with Crippen LogP contribution in [0.2, 0.25) is 5.02 Å². The summed E-state index contributed by atoms with van der Waals surface area (Å²) in [7, 11) is -1.84. The Morgan fingerprint density at radius 1 is 1.20 bits per heavy atom. The molecular formula is C18H22ClN5O5S. The highest BCUT2D eigenvalue weighted by Crippen LogP contribution is 2.40. The summed E-state index contributed by atoms with van der Waals surface area (Å²) in [5.74, 6) is 0.776. The van der Waals surface area contributed by atoms with E-state index in [1.807, 2.05) is 14.0 Å². The topological polar surface area (TPSA) is 109 Å². The van der Waals surface area contributed by atoms with Gasteiger partial charge in [-0.05, 0) is 13.1 Å². The summed E-state index contributed by atoms with van der Waals surface area (Å²) in [6, 6.07) is 2.83. The third-order valence-corrected chi connectivity index (χ3v) is 7.51. The summed E-state index contributed by atoms with van der Waals surface area (Å²) in [6.07, 6.45) is 0.583. The summed E-state index contributed by atoms with van der Waals surface area (Å²) in [6.45, 7) is 3.79. The second kappa shape index (κ2) is 8.14. The molecule has 0 N–H and O–H groups in total. The number of ether oxygens (including phenoxy) is 1. The smallest absolute Gasteiger partial charge is 0.265 e. The molecule has 1 amide bonds. The van der Waals surface area contributed by atoms with Gasteiger partial charge >= 0.3 is 0 Å². The minimum absolute atomic E-state index is 0.0262. The quantitative estimate of drug-likeness (QED) is 0.660. The molecule has 10 nitrogen and oxygen atoms in total. The van der Waals surface area contributed by atoms with E-state index in [-0.39, 0.29) is 34.7 Å². The number of hydrogen-bond donors (Lipinski definition) is 0. The summed E-state index contributed by atoms with van der Waals surface area (Å²) in [4.78, 5) is 20.1. The van der Waals surface area contributed by atoms with Crippen molar-refractivity contribution in [1.29, 1.82) is 0 Å². The minimum Gasteiger partial charge on any atom is -0.482 e. The molecule has 0 bridgehead atoms. The number of benzene rings is 1. The van der Waals surface area contributed by atoms with Crippen LogP contribution in [0.4, 0.5) is 5.69 Å². The molecule has 0 unspecified atom stereocenters. The van der Waals surface area contributed by atoms with Crippen molar-refractivity contribution < 1.29 is 22.5 Å². The molecule has 4 rings (SSSR count). The summed E-state index contributed by atoms with van der Waals surface area (Å²) in [5, 5.41) is 3.90. The Hall–Kier alpha value is -2.21. The van der Waals surface area contributed by atoms with Crippen molar-refractivity contribution >= 4 is 33.2 Å². The maximum absolute atomic E-state index is 13.1. The number of piperazine rings is 1. The number of aromatic nitrogens is 2. The van der Waals surface area contributed by atoms with Crippen molar-refractivity contribution in [2.24, 2.45) is 0 Å². The van der Waals surface area contributed by atoms with Crippen LogP contribution in [-0.4, -0.2) is 73.5 Å². The third kappa shape index (κ3) is 3.89. The maximum Gasteiger partial charge on any atom is 0.265 e. The third-order valence-electron chi connectivity index (χ3n) is 5.15. The number of halogens is 1. The highest BCUT2D eigenvalue weighted by molar-refractivity contribution is 7.89. The molecule has 0 saturated carbocycles. The van der Waals surface area contributed by atoms with E-state index in [9.17, 15) is 13.2 Å². The van der Waals surface area contributed by atoms with Crippen LogP contribution in [-0.2, 0) is 27.8 Å². The van der Waals surface area contributed by atoms with Gasteiger partial charge in [-0.3, -0.25) is 9.69 Å². The average Bonchev–Trinajstić information content (AvgIpc) is 3.18. The van der Waals surface area contributed by atoms with Gasteiger partial charge in [-0.15, -0.1) is 0 Å². The highest BCUT2D eigenvalue weighted by Gasteiger charge is 2.34. The van der Waals surface area contributed by atoms with Crippen LogP contribution in [0.3, 0.4) is 0 Å². The molecule has 3 heterocycles. The number of carbonyl (C=O) groups excluding carboxylic acids is 1. The molecular weight excluding hydrogens is 434 g/mol. The van der Waals surface area contributed by atoms with E-state index in [1.165, 1.54) is 21.3 Å². The predicted molar refractivity (Wildman–Crippen MR) is 108 cm³/mol. The van der Waals surface area contributed by atoms with Crippen LogP contribution < -0.4 is 9.64 Å². The van der Waals surface area contributed by atoms with Crippen LogP contribution in [0.25, 0.3) is 0 Å². The van der Waals surface area contributed by atoms with Crippen molar-refractivity contribution in [3.05, 3.63) is 28.9 Å². The molecule has 1 fully saturated rings. The van der Waals surface area contributed by atoms with Gasteiger partial charge in [0.25, 0.3) is 5.91 Å². The second-order valence-corrected chi connectivity index (χ2v) is 9.50. The van der Waals surface area contributed by atoms with Gasteiger partial charge in [-0.2, -0.15) is 9.29 Å². The largest absolute Gasteiger partial charge is 0.482 e. The number of hydrogen-bond acceptors (Lipinski definition) is 8. The van der Waals surface area contributed by atoms with Crippen molar-refractivity contribution in [1.82, 2.24) is 19.3 Å². The van der Waals surface area contributed by atoms with Crippen LogP contribution in [0, 0.1) is 0 Å². The number of fused-ring (bicyclic) bond motifs is 1. The zero-order chi connectivity index (χ0) is 21.5. The lowest BCUT2D eigenvalue weighted by atomic mass is 10.2. The number of amides is 1. The Morgan fingerprint density at radius 3 is 2.60 bits per heavy atom. The Bertz CT molecular complexity index is 1060. The van der Waals surface area contributed by atoms with Gasteiger partial charge in [-0.1, -0.05) is 23.7 Å². The fourth-order valence-electron chi connectivity index (χ4n) is 3.38. The fraction of sp³-hybridized carbons (Fsp3) is 0.500. The first-order chi connectivity index (χ1) is 14.3. The molecule has 0 spiro atoms. The standard InChI is InChI=1S/C18H22ClN5O5S/c1-3-17-20-16(21-29-17)10-24-13-8-12(19)15(9-14(13)28-11-18(24)25)30(26,27)23-6-4-22(2)5-7-23/h8-9H,3-7,10-11H2,1-2H3. The molecule has 0 aliphatic carbocycles. The lowest BCUT2D eigenvalue weighted by molar-refractivity contribution is -0.121. The van der Waals surface area contributed by atoms with E-state index < -0.39 is 10.0 Å².